The Bertz CT molecular complexity index is 477. The van der Waals surface area contributed by atoms with Gasteiger partial charge in [-0.25, -0.2) is 15.0 Å². The zero-order valence-corrected chi connectivity index (χ0v) is 10.1. The number of rotatable bonds is 4. The minimum Gasteiger partial charge on any atom is -0.390 e. The van der Waals surface area contributed by atoms with Gasteiger partial charge in [0.1, 0.15) is 16.9 Å². The van der Waals surface area contributed by atoms with E-state index in [9.17, 15) is 5.11 Å². The van der Waals surface area contributed by atoms with Crippen molar-refractivity contribution in [2.24, 2.45) is 0 Å². The van der Waals surface area contributed by atoms with Gasteiger partial charge in [-0.05, 0) is 20.3 Å². The average molecular weight is 238 g/mol. The van der Waals surface area contributed by atoms with Crippen LogP contribution in [0.15, 0.2) is 17.7 Å². The molecule has 5 nitrogen and oxygen atoms in total. The predicted octanol–water partition coefficient (Wildman–Crippen LogP) is 1.61. The van der Waals surface area contributed by atoms with E-state index in [1.165, 1.54) is 6.33 Å². The van der Waals surface area contributed by atoms with E-state index in [1.54, 1.807) is 31.9 Å². The summed E-state index contributed by atoms with van der Waals surface area (Å²) in [5, 5.41) is 10.5. The molecule has 0 fully saturated rings. The summed E-state index contributed by atoms with van der Waals surface area (Å²) in [6.07, 6.45) is 3.84. The first-order chi connectivity index (χ1) is 7.56. The van der Waals surface area contributed by atoms with Crippen LogP contribution >= 0.6 is 11.8 Å². The van der Waals surface area contributed by atoms with Gasteiger partial charge in [0.25, 0.3) is 0 Å². The van der Waals surface area contributed by atoms with E-state index in [1.807, 2.05) is 0 Å². The highest BCUT2D eigenvalue weighted by Gasteiger charge is 2.13. The Balaban J connectivity index is 2.07. The number of thioether (sulfide) groups is 1. The maximum atomic E-state index is 9.60. The number of aromatic amines is 1. The molecule has 0 radical (unpaired) electrons. The summed E-state index contributed by atoms with van der Waals surface area (Å²) in [6, 6.07) is 0. The van der Waals surface area contributed by atoms with Gasteiger partial charge in [0, 0.05) is 5.75 Å². The first kappa shape index (κ1) is 11.3. The van der Waals surface area contributed by atoms with Crippen LogP contribution in [0.25, 0.3) is 11.2 Å². The Morgan fingerprint density at radius 2 is 2.19 bits per heavy atom. The Morgan fingerprint density at radius 1 is 1.38 bits per heavy atom. The second-order valence-corrected chi connectivity index (χ2v) is 5.27. The first-order valence-electron chi connectivity index (χ1n) is 5.05. The van der Waals surface area contributed by atoms with Crippen LogP contribution in [-0.4, -0.2) is 36.4 Å². The highest BCUT2D eigenvalue weighted by Crippen LogP contribution is 2.24. The van der Waals surface area contributed by atoms with Crippen LogP contribution in [0.4, 0.5) is 0 Å². The highest BCUT2D eigenvalue weighted by molar-refractivity contribution is 7.99. The molecule has 0 aromatic carbocycles. The highest BCUT2D eigenvalue weighted by atomic mass is 32.2. The summed E-state index contributed by atoms with van der Waals surface area (Å²) in [7, 11) is 0. The third kappa shape index (κ3) is 2.70. The number of imidazole rings is 1. The van der Waals surface area contributed by atoms with Crippen LogP contribution in [0.2, 0.25) is 0 Å². The Hall–Kier alpha value is -1.14. The van der Waals surface area contributed by atoms with Crippen LogP contribution in [-0.2, 0) is 0 Å². The van der Waals surface area contributed by atoms with Crippen molar-refractivity contribution in [2.75, 3.05) is 5.75 Å². The van der Waals surface area contributed by atoms with E-state index in [2.05, 4.69) is 19.9 Å². The molecule has 6 heteroatoms. The topological polar surface area (TPSA) is 74.7 Å². The summed E-state index contributed by atoms with van der Waals surface area (Å²) in [5.74, 6) is 0.814. The van der Waals surface area contributed by atoms with E-state index < -0.39 is 5.60 Å². The number of hydrogen-bond acceptors (Lipinski definition) is 5. The van der Waals surface area contributed by atoms with Gasteiger partial charge in [-0.2, -0.15) is 0 Å². The van der Waals surface area contributed by atoms with E-state index in [0.29, 0.717) is 5.65 Å². The molecule has 0 aliphatic rings. The monoisotopic (exact) mass is 238 g/mol. The van der Waals surface area contributed by atoms with E-state index >= 15 is 0 Å². The zero-order valence-electron chi connectivity index (χ0n) is 9.27. The molecule has 0 bridgehead atoms. The molecule has 2 aromatic heterocycles. The molecule has 0 spiro atoms. The van der Waals surface area contributed by atoms with Crippen molar-refractivity contribution >= 4 is 22.9 Å². The van der Waals surface area contributed by atoms with Crippen molar-refractivity contribution < 1.29 is 5.11 Å². The van der Waals surface area contributed by atoms with Crippen molar-refractivity contribution in [1.29, 1.82) is 0 Å². The molecule has 0 unspecified atom stereocenters. The van der Waals surface area contributed by atoms with Crippen LogP contribution < -0.4 is 0 Å². The molecule has 0 saturated heterocycles. The molecule has 16 heavy (non-hydrogen) atoms. The molecule has 86 valence electrons. The maximum absolute atomic E-state index is 9.60. The second-order valence-electron chi connectivity index (χ2n) is 4.19. The number of H-pyrrole nitrogens is 1. The van der Waals surface area contributed by atoms with Gasteiger partial charge in [0.15, 0.2) is 5.65 Å². The largest absolute Gasteiger partial charge is 0.390 e. The Kier molecular flexibility index (Phi) is 3.11. The van der Waals surface area contributed by atoms with Gasteiger partial charge < -0.3 is 10.1 Å². The van der Waals surface area contributed by atoms with Crippen LogP contribution in [0.3, 0.4) is 0 Å². The second kappa shape index (κ2) is 4.39. The maximum Gasteiger partial charge on any atom is 0.181 e. The SMILES string of the molecule is CC(C)(O)CCSc1ncnc2nc[nH]c12. The molecule has 2 heterocycles. The predicted molar refractivity (Wildman–Crippen MR) is 63.3 cm³/mol. The molecule has 0 amide bonds. The molecule has 0 aliphatic carbocycles. The normalized spacial score (nSPS) is 12.2. The van der Waals surface area contributed by atoms with Crippen molar-refractivity contribution in [2.45, 2.75) is 30.9 Å². The lowest BCUT2D eigenvalue weighted by molar-refractivity contribution is 0.0777. The zero-order chi connectivity index (χ0) is 11.6. The molecule has 0 aliphatic heterocycles. The van der Waals surface area contributed by atoms with Crippen molar-refractivity contribution in [1.82, 2.24) is 19.9 Å². The van der Waals surface area contributed by atoms with Crippen LogP contribution in [0.5, 0.6) is 0 Å². The summed E-state index contributed by atoms with van der Waals surface area (Å²) in [6.45, 7) is 3.61. The van der Waals surface area contributed by atoms with Crippen molar-refractivity contribution in [3.05, 3.63) is 12.7 Å². The molecular formula is C10H14N4OS. The standard InChI is InChI=1S/C10H14N4OS/c1-10(2,15)3-4-16-9-7-8(12-5-11-7)13-6-14-9/h5-6,15H,3-4H2,1-2H3,(H,11,12,13,14). The average Bonchev–Trinajstić information content (AvgIpc) is 2.64. The van der Waals surface area contributed by atoms with Gasteiger partial charge in [0.05, 0.1) is 11.9 Å². The first-order valence-corrected chi connectivity index (χ1v) is 6.04. The molecule has 2 N–H and O–H groups in total. The lowest BCUT2D eigenvalue weighted by atomic mass is 10.1. The minimum atomic E-state index is -0.632. The molecule has 2 rings (SSSR count). The van der Waals surface area contributed by atoms with Crippen molar-refractivity contribution in [3.63, 3.8) is 0 Å². The third-order valence-electron chi connectivity index (χ3n) is 2.14. The molecule has 2 aromatic rings. The van der Waals surface area contributed by atoms with Gasteiger partial charge in [-0.1, -0.05) is 0 Å². The van der Waals surface area contributed by atoms with E-state index in [4.69, 9.17) is 0 Å². The number of nitrogens with zero attached hydrogens (tertiary/aromatic N) is 3. The number of aromatic nitrogens is 4. The number of nitrogens with one attached hydrogen (secondary N) is 1. The van der Waals surface area contributed by atoms with Gasteiger partial charge in [-0.15, -0.1) is 11.8 Å². The fraction of sp³-hybridized carbons (Fsp3) is 0.500. The number of aliphatic hydroxyl groups is 1. The van der Waals surface area contributed by atoms with E-state index in [0.717, 1.165) is 22.7 Å². The van der Waals surface area contributed by atoms with Crippen LogP contribution in [0.1, 0.15) is 20.3 Å². The van der Waals surface area contributed by atoms with E-state index in [-0.39, 0.29) is 0 Å². The van der Waals surface area contributed by atoms with Crippen molar-refractivity contribution in [3.8, 4) is 0 Å². The van der Waals surface area contributed by atoms with Gasteiger partial charge in [0.2, 0.25) is 0 Å². The molecule has 0 saturated carbocycles. The van der Waals surface area contributed by atoms with Gasteiger partial charge >= 0.3 is 0 Å². The summed E-state index contributed by atoms with van der Waals surface area (Å²) < 4.78 is 0. The number of fused-ring (bicyclic) bond motifs is 1. The Labute approximate surface area is 97.7 Å². The summed E-state index contributed by atoms with van der Waals surface area (Å²) in [4.78, 5) is 15.3. The lowest BCUT2D eigenvalue weighted by Crippen LogP contribution is -2.19. The molecular weight excluding hydrogens is 224 g/mol. The third-order valence-corrected chi connectivity index (χ3v) is 3.13. The van der Waals surface area contributed by atoms with Crippen LogP contribution in [0, 0.1) is 0 Å². The fourth-order valence-corrected chi connectivity index (χ4v) is 2.46. The number of hydrogen-bond donors (Lipinski definition) is 2. The van der Waals surface area contributed by atoms with Gasteiger partial charge in [-0.3, -0.25) is 0 Å². The summed E-state index contributed by atoms with van der Waals surface area (Å²) in [5.41, 5.74) is 0.914. The fourth-order valence-electron chi connectivity index (χ4n) is 1.25. The lowest BCUT2D eigenvalue weighted by Gasteiger charge is -2.15. The smallest absolute Gasteiger partial charge is 0.181 e. The Morgan fingerprint density at radius 3 is 2.94 bits per heavy atom. The molecule has 0 atom stereocenters. The summed E-state index contributed by atoms with van der Waals surface area (Å²) >= 11 is 1.60. The quantitative estimate of drug-likeness (QED) is 0.625. The minimum absolute atomic E-state index is 0.632.